The number of H-pyrrole nitrogens is 1. The minimum atomic E-state index is -0.0501. The molecule has 0 bridgehead atoms. The van der Waals surface area contributed by atoms with Crippen molar-refractivity contribution in [2.24, 2.45) is 0 Å². The number of thiophene rings is 1. The molecular formula is C20H19N3OS2. The lowest BCUT2D eigenvalue weighted by atomic mass is 10.1. The fourth-order valence-corrected chi connectivity index (χ4v) is 5.00. The molecule has 132 valence electrons. The van der Waals surface area contributed by atoms with Crippen LogP contribution in [0.25, 0.3) is 21.1 Å². The minimum Gasteiger partial charge on any atom is -0.309 e. The fourth-order valence-electron chi connectivity index (χ4n) is 3.11. The molecule has 0 aliphatic rings. The SMILES string of the molecule is Cc1sc2nc(CSc3cc(C)c4cccc(C)c4n3)[nH]c(=O)c2c1C. The van der Waals surface area contributed by atoms with Crippen molar-refractivity contribution in [2.75, 3.05) is 0 Å². The molecule has 4 aromatic rings. The van der Waals surface area contributed by atoms with Crippen LogP contribution >= 0.6 is 23.1 Å². The van der Waals surface area contributed by atoms with E-state index >= 15 is 0 Å². The zero-order valence-electron chi connectivity index (χ0n) is 15.1. The summed E-state index contributed by atoms with van der Waals surface area (Å²) in [5, 5.41) is 2.86. The van der Waals surface area contributed by atoms with Crippen LogP contribution < -0.4 is 5.56 Å². The van der Waals surface area contributed by atoms with E-state index in [0.29, 0.717) is 11.6 Å². The number of hydrogen-bond donors (Lipinski definition) is 1. The Hall–Kier alpha value is -2.18. The second-order valence-corrected chi connectivity index (χ2v) is 8.71. The van der Waals surface area contributed by atoms with Gasteiger partial charge in [0.2, 0.25) is 0 Å². The predicted octanol–water partition coefficient (Wildman–Crippen LogP) is 5.06. The van der Waals surface area contributed by atoms with Gasteiger partial charge in [0.05, 0.1) is 21.7 Å². The summed E-state index contributed by atoms with van der Waals surface area (Å²) >= 11 is 3.18. The lowest BCUT2D eigenvalue weighted by Crippen LogP contribution is -2.10. The maximum absolute atomic E-state index is 12.4. The molecule has 1 aromatic carbocycles. The monoisotopic (exact) mass is 381 g/mol. The predicted molar refractivity (Wildman–Crippen MR) is 110 cm³/mol. The van der Waals surface area contributed by atoms with Gasteiger partial charge in [0.1, 0.15) is 10.7 Å². The zero-order valence-corrected chi connectivity index (χ0v) is 16.8. The molecule has 0 radical (unpaired) electrons. The van der Waals surface area contributed by atoms with Crippen LogP contribution in [0.2, 0.25) is 0 Å². The molecule has 4 rings (SSSR count). The van der Waals surface area contributed by atoms with Crippen molar-refractivity contribution in [1.82, 2.24) is 15.0 Å². The van der Waals surface area contributed by atoms with E-state index in [2.05, 4.69) is 48.1 Å². The Kier molecular flexibility index (Phi) is 4.32. The van der Waals surface area contributed by atoms with Gasteiger partial charge in [-0.3, -0.25) is 4.79 Å². The van der Waals surface area contributed by atoms with Gasteiger partial charge in [-0.1, -0.05) is 30.0 Å². The van der Waals surface area contributed by atoms with E-state index in [9.17, 15) is 4.79 Å². The van der Waals surface area contributed by atoms with E-state index in [1.165, 1.54) is 16.5 Å². The summed E-state index contributed by atoms with van der Waals surface area (Å²) in [5.41, 5.74) is 4.40. The van der Waals surface area contributed by atoms with E-state index in [0.717, 1.165) is 31.2 Å². The number of rotatable bonds is 3. The lowest BCUT2D eigenvalue weighted by Gasteiger charge is -2.08. The molecule has 0 atom stereocenters. The summed E-state index contributed by atoms with van der Waals surface area (Å²) in [7, 11) is 0. The Bertz CT molecular complexity index is 1210. The van der Waals surface area contributed by atoms with Gasteiger partial charge in [0.25, 0.3) is 5.56 Å². The standard InChI is InChI=1S/C20H19N3OS2/c1-10-6-5-7-14-11(2)8-16(23-18(10)14)25-9-15-21-19(24)17-12(3)13(4)26-20(17)22-15/h5-8H,9H2,1-4H3,(H,21,22,24). The molecule has 0 aliphatic carbocycles. The molecule has 0 amide bonds. The molecule has 4 nitrogen and oxygen atoms in total. The molecule has 3 heterocycles. The molecule has 0 saturated carbocycles. The first-order chi connectivity index (χ1) is 12.4. The van der Waals surface area contributed by atoms with Crippen LogP contribution in [-0.4, -0.2) is 15.0 Å². The van der Waals surface area contributed by atoms with E-state index in [-0.39, 0.29) is 5.56 Å². The highest BCUT2D eigenvalue weighted by atomic mass is 32.2. The number of nitrogens with one attached hydrogen (secondary N) is 1. The van der Waals surface area contributed by atoms with Gasteiger partial charge in [-0.15, -0.1) is 11.3 Å². The number of nitrogens with zero attached hydrogens (tertiary/aromatic N) is 2. The average molecular weight is 382 g/mol. The molecule has 6 heteroatoms. The number of aromatic amines is 1. The summed E-state index contributed by atoms with van der Waals surface area (Å²) in [6.07, 6.45) is 0. The lowest BCUT2D eigenvalue weighted by molar-refractivity contribution is 1.04. The topological polar surface area (TPSA) is 58.6 Å². The van der Waals surface area contributed by atoms with Crippen LogP contribution in [-0.2, 0) is 5.75 Å². The van der Waals surface area contributed by atoms with Crippen molar-refractivity contribution in [3.8, 4) is 0 Å². The Morgan fingerprint density at radius 2 is 1.92 bits per heavy atom. The highest BCUT2D eigenvalue weighted by molar-refractivity contribution is 7.98. The first kappa shape index (κ1) is 17.2. The Morgan fingerprint density at radius 3 is 2.73 bits per heavy atom. The number of aromatic nitrogens is 3. The van der Waals surface area contributed by atoms with Crippen LogP contribution in [0.5, 0.6) is 0 Å². The molecule has 3 aromatic heterocycles. The number of hydrogen-bond acceptors (Lipinski definition) is 5. The van der Waals surface area contributed by atoms with Crippen LogP contribution in [0.3, 0.4) is 0 Å². The maximum Gasteiger partial charge on any atom is 0.259 e. The summed E-state index contributed by atoms with van der Waals surface area (Å²) in [6.45, 7) is 8.19. The Balaban J connectivity index is 1.67. The summed E-state index contributed by atoms with van der Waals surface area (Å²) in [4.78, 5) is 26.7. The number of benzene rings is 1. The zero-order chi connectivity index (χ0) is 18.4. The number of aryl methyl sites for hydroxylation is 4. The van der Waals surface area contributed by atoms with Crippen molar-refractivity contribution in [3.05, 3.63) is 62.0 Å². The maximum atomic E-state index is 12.4. The van der Waals surface area contributed by atoms with Gasteiger partial charge in [0, 0.05) is 10.3 Å². The molecule has 0 aliphatic heterocycles. The van der Waals surface area contributed by atoms with Gasteiger partial charge in [0.15, 0.2) is 0 Å². The van der Waals surface area contributed by atoms with Crippen molar-refractivity contribution < 1.29 is 0 Å². The molecule has 0 spiro atoms. The van der Waals surface area contributed by atoms with Crippen LogP contribution in [0, 0.1) is 27.7 Å². The van der Waals surface area contributed by atoms with Gasteiger partial charge < -0.3 is 4.98 Å². The summed E-state index contributed by atoms with van der Waals surface area (Å²) in [6, 6.07) is 8.35. The first-order valence-electron chi connectivity index (χ1n) is 8.42. The summed E-state index contributed by atoms with van der Waals surface area (Å²) < 4.78 is 0. The van der Waals surface area contributed by atoms with E-state index in [1.807, 2.05) is 13.8 Å². The highest BCUT2D eigenvalue weighted by Gasteiger charge is 2.12. The van der Waals surface area contributed by atoms with Crippen molar-refractivity contribution in [1.29, 1.82) is 0 Å². The number of pyridine rings is 1. The minimum absolute atomic E-state index is 0.0501. The van der Waals surface area contributed by atoms with Gasteiger partial charge in [-0.25, -0.2) is 9.97 Å². The normalized spacial score (nSPS) is 11.5. The molecule has 1 N–H and O–H groups in total. The molecule has 0 saturated heterocycles. The van der Waals surface area contributed by atoms with E-state index < -0.39 is 0 Å². The fraction of sp³-hybridized carbons (Fsp3) is 0.250. The third-order valence-electron chi connectivity index (χ3n) is 4.67. The van der Waals surface area contributed by atoms with E-state index in [4.69, 9.17) is 4.98 Å². The second-order valence-electron chi connectivity index (χ2n) is 6.51. The Morgan fingerprint density at radius 1 is 1.12 bits per heavy atom. The van der Waals surface area contributed by atoms with Crippen LogP contribution in [0.15, 0.2) is 34.1 Å². The van der Waals surface area contributed by atoms with Crippen LogP contribution in [0.1, 0.15) is 27.4 Å². The number of fused-ring (bicyclic) bond motifs is 2. The third-order valence-corrected chi connectivity index (χ3v) is 6.69. The van der Waals surface area contributed by atoms with Crippen molar-refractivity contribution in [2.45, 2.75) is 38.5 Å². The number of thioether (sulfide) groups is 1. The molecular weight excluding hydrogens is 362 g/mol. The second kappa shape index (κ2) is 6.52. The van der Waals surface area contributed by atoms with Gasteiger partial charge >= 0.3 is 0 Å². The highest BCUT2D eigenvalue weighted by Crippen LogP contribution is 2.29. The average Bonchev–Trinajstić information content (AvgIpc) is 2.89. The van der Waals surface area contributed by atoms with Crippen LogP contribution in [0.4, 0.5) is 0 Å². The molecule has 0 fully saturated rings. The number of para-hydroxylation sites is 1. The largest absolute Gasteiger partial charge is 0.309 e. The molecule has 26 heavy (non-hydrogen) atoms. The Labute approximate surface area is 159 Å². The molecule has 0 unspecified atom stereocenters. The summed E-state index contributed by atoms with van der Waals surface area (Å²) in [5.74, 6) is 1.28. The van der Waals surface area contributed by atoms with E-state index in [1.54, 1.807) is 23.1 Å². The third kappa shape index (κ3) is 2.93. The van der Waals surface area contributed by atoms with Crippen molar-refractivity contribution in [3.63, 3.8) is 0 Å². The van der Waals surface area contributed by atoms with Gasteiger partial charge in [-0.2, -0.15) is 0 Å². The smallest absolute Gasteiger partial charge is 0.259 e. The van der Waals surface area contributed by atoms with Gasteiger partial charge in [-0.05, 0) is 50.5 Å². The first-order valence-corrected chi connectivity index (χ1v) is 10.2. The quantitative estimate of drug-likeness (QED) is 0.504. The van der Waals surface area contributed by atoms with Crippen molar-refractivity contribution >= 4 is 44.2 Å².